The fourth-order valence-corrected chi connectivity index (χ4v) is 2.13. The van der Waals surface area contributed by atoms with Gasteiger partial charge in [-0.1, -0.05) is 6.92 Å². The molecular weight excluding hydrogens is 244 g/mol. The van der Waals surface area contributed by atoms with Crippen LogP contribution in [0.25, 0.3) is 0 Å². The summed E-state index contributed by atoms with van der Waals surface area (Å²) in [4.78, 5) is 14.9. The fourth-order valence-electron chi connectivity index (χ4n) is 2.13. The zero-order chi connectivity index (χ0) is 13.7. The molecule has 1 fully saturated rings. The third-order valence-electron chi connectivity index (χ3n) is 3.09. The number of methoxy groups -OCH3 is 1. The molecule has 0 radical (unpaired) electrons. The Morgan fingerprint density at radius 2 is 2.05 bits per heavy atom. The Bertz CT molecular complexity index is 407. The van der Waals surface area contributed by atoms with Gasteiger partial charge in [-0.2, -0.15) is 15.0 Å². The third kappa shape index (κ3) is 3.92. The summed E-state index contributed by atoms with van der Waals surface area (Å²) in [5.74, 6) is 1.86. The molecule has 1 aromatic heterocycles. The number of aromatic nitrogens is 3. The minimum absolute atomic E-state index is 0.263. The second-order valence-corrected chi connectivity index (χ2v) is 4.95. The Balaban J connectivity index is 2.00. The van der Waals surface area contributed by atoms with Gasteiger partial charge in [0.05, 0.1) is 6.61 Å². The van der Waals surface area contributed by atoms with Crippen LogP contribution in [0.4, 0.5) is 17.8 Å². The Labute approximate surface area is 113 Å². The van der Waals surface area contributed by atoms with Crippen molar-refractivity contribution in [1.29, 1.82) is 0 Å². The molecular formula is C12H22N6O. The molecule has 0 aliphatic carbocycles. The third-order valence-corrected chi connectivity index (χ3v) is 3.09. The highest BCUT2D eigenvalue weighted by Gasteiger charge is 2.16. The lowest BCUT2D eigenvalue weighted by molar-refractivity contribution is 0.164. The molecule has 3 N–H and O–H groups in total. The summed E-state index contributed by atoms with van der Waals surface area (Å²) in [5.41, 5.74) is 5.74. The fraction of sp³-hybridized carbons (Fsp3) is 0.750. The van der Waals surface area contributed by atoms with Gasteiger partial charge < -0.3 is 20.7 Å². The van der Waals surface area contributed by atoms with E-state index in [0.29, 0.717) is 24.4 Å². The second-order valence-electron chi connectivity index (χ2n) is 4.95. The summed E-state index contributed by atoms with van der Waals surface area (Å²) in [7, 11) is 1.70. The number of nitrogens with one attached hydrogen (secondary N) is 1. The molecule has 1 atom stereocenters. The standard InChI is InChI=1S/C12H22N6O/c1-9(8-19-2)7-14-11-15-10(13)16-12(17-11)18-5-3-4-6-18/h9H,3-8H2,1-2H3,(H3,13,14,15,16,17). The average Bonchev–Trinajstić information content (AvgIpc) is 2.90. The minimum atomic E-state index is 0.263. The molecule has 0 aromatic carbocycles. The molecule has 106 valence electrons. The van der Waals surface area contributed by atoms with Crippen molar-refractivity contribution in [3.05, 3.63) is 0 Å². The summed E-state index contributed by atoms with van der Waals surface area (Å²) in [6.07, 6.45) is 2.36. The number of hydrogen-bond donors (Lipinski definition) is 2. The normalized spacial score (nSPS) is 16.6. The van der Waals surface area contributed by atoms with Gasteiger partial charge in [0.25, 0.3) is 0 Å². The maximum absolute atomic E-state index is 5.74. The summed E-state index contributed by atoms with van der Waals surface area (Å²) >= 11 is 0. The van der Waals surface area contributed by atoms with Crippen molar-refractivity contribution in [2.75, 3.05) is 49.3 Å². The van der Waals surface area contributed by atoms with Crippen LogP contribution in [0, 0.1) is 5.92 Å². The van der Waals surface area contributed by atoms with Crippen molar-refractivity contribution in [3.63, 3.8) is 0 Å². The highest BCUT2D eigenvalue weighted by molar-refractivity contribution is 5.42. The molecule has 19 heavy (non-hydrogen) atoms. The van der Waals surface area contributed by atoms with Crippen molar-refractivity contribution in [2.24, 2.45) is 5.92 Å². The highest BCUT2D eigenvalue weighted by atomic mass is 16.5. The molecule has 0 saturated carbocycles. The van der Waals surface area contributed by atoms with E-state index in [0.717, 1.165) is 19.6 Å². The Morgan fingerprint density at radius 3 is 2.74 bits per heavy atom. The first-order chi connectivity index (χ1) is 9.19. The minimum Gasteiger partial charge on any atom is -0.384 e. The van der Waals surface area contributed by atoms with Crippen LogP contribution in [0.5, 0.6) is 0 Å². The molecule has 0 amide bonds. The quantitative estimate of drug-likeness (QED) is 0.785. The van der Waals surface area contributed by atoms with Gasteiger partial charge in [-0.3, -0.25) is 0 Å². The highest BCUT2D eigenvalue weighted by Crippen LogP contribution is 2.17. The molecule has 2 heterocycles. The molecule has 2 rings (SSSR count). The second kappa shape index (κ2) is 6.51. The van der Waals surface area contributed by atoms with Crippen LogP contribution in [-0.4, -0.2) is 48.3 Å². The zero-order valence-electron chi connectivity index (χ0n) is 11.6. The summed E-state index contributed by atoms with van der Waals surface area (Å²) in [6.45, 7) is 5.53. The molecule has 0 spiro atoms. The molecule has 0 bridgehead atoms. The van der Waals surface area contributed by atoms with Gasteiger partial charge in [0.15, 0.2) is 0 Å². The van der Waals surface area contributed by atoms with E-state index in [1.54, 1.807) is 7.11 Å². The number of hydrogen-bond acceptors (Lipinski definition) is 7. The van der Waals surface area contributed by atoms with Crippen LogP contribution in [0.1, 0.15) is 19.8 Å². The van der Waals surface area contributed by atoms with Crippen LogP contribution in [0.3, 0.4) is 0 Å². The molecule has 7 heteroatoms. The van der Waals surface area contributed by atoms with Crippen LogP contribution in [0.15, 0.2) is 0 Å². The Hall–Kier alpha value is -1.63. The van der Waals surface area contributed by atoms with Gasteiger partial charge in [-0.05, 0) is 18.8 Å². The molecule has 1 aliphatic heterocycles. The van der Waals surface area contributed by atoms with Crippen LogP contribution in [0.2, 0.25) is 0 Å². The largest absolute Gasteiger partial charge is 0.384 e. The van der Waals surface area contributed by atoms with Crippen molar-refractivity contribution in [1.82, 2.24) is 15.0 Å². The molecule has 1 unspecified atom stereocenters. The first-order valence-corrected chi connectivity index (χ1v) is 6.68. The number of nitrogen functional groups attached to an aromatic ring is 1. The molecule has 1 aliphatic rings. The summed E-state index contributed by atoms with van der Waals surface area (Å²) in [6, 6.07) is 0. The topological polar surface area (TPSA) is 89.2 Å². The lowest BCUT2D eigenvalue weighted by atomic mass is 10.2. The van der Waals surface area contributed by atoms with E-state index in [2.05, 4.69) is 32.1 Å². The smallest absolute Gasteiger partial charge is 0.231 e. The van der Waals surface area contributed by atoms with Gasteiger partial charge in [-0.15, -0.1) is 0 Å². The lowest BCUT2D eigenvalue weighted by Crippen LogP contribution is -2.23. The van der Waals surface area contributed by atoms with E-state index in [1.807, 2.05) is 0 Å². The predicted octanol–water partition coefficient (Wildman–Crippen LogP) is 0.748. The number of rotatable bonds is 6. The van der Waals surface area contributed by atoms with Gasteiger partial charge in [-0.25, -0.2) is 0 Å². The van der Waals surface area contributed by atoms with Crippen LogP contribution >= 0.6 is 0 Å². The Morgan fingerprint density at radius 1 is 1.32 bits per heavy atom. The van der Waals surface area contributed by atoms with Crippen LogP contribution in [-0.2, 0) is 4.74 Å². The molecule has 7 nitrogen and oxygen atoms in total. The van der Waals surface area contributed by atoms with E-state index in [-0.39, 0.29) is 5.95 Å². The summed E-state index contributed by atoms with van der Waals surface area (Å²) < 4.78 is 5.09. The van der Waals surface area contributed by atoms with E-state index in [1.165, 1.54) is 12.8 Å². The number of anilines is 3. The lowest BCUT2D eigenvalue weighted by Gasteiger charge is -2.17. The van der Waals surface area contributed by atoms with E-state index in [9.17, 15) is 0 Å². The van der Waals surface area contributed by atoms with Crippen molar-refractivity contribution >= 4 is 17.8 Å². The predicted molar refractivity (Wildman–Crippen MR) is 75.2 cm³/mol. The molecule has 1 saturated heterocycles. The van der Waals surface area contributed by atoms with Gasteiger partial charge in [0, 0.05) is 26.7 Å². The zero-order valence-corrected chi connectivity index (χ0v) is 11.6. The first kappa shape index (κ1) is 13.8. The summed E-state index contributed by atoms with van der Waals surface area (Å²) in [5, 5.41) is 3.19. The van der Waals surface area contributed by atoms with E-state index >= 15 is 0 Å². The van der Waals surface area contributed by atoms with Crippen molar-refractivity contribution in [3.8, 4) is 0 Å². The maximum atomic E-state index is 5.74. The average molecular weight is 266 g/mol. The number of nitrogens with zero attached hydrogens (tertiary/aromatic N) is 4. The van der Waals surface area contributed by atoms with E-state index in [4.69, 9.17) is 10.5 Å². The molecule has 1 aromatic rings. The van der Waals surface area contributed by atoms with Gasteiger partial charge >= 0.3 is 0 Å². The van der Waals surface area contributed by atoms with Crippen LogP contribution < -0.4 is 16.0 Å². The number of nitrogens with two attached hydrogens (primary N) is 1. The Kier molecular flexibility index (Phi) is 4.73. The first-order valence-electron chi connectivity index (χ1n) is 6.68. The van der Waals surface area contributed by atoms with Gasteiger partial charge in [0.2, 0.25) is 17.8 Å². The van der Waals surface area contributed by atoms with E-state index < -0.39 is 0 Å². The monoisotopic (exact) mass is 266 g/mol. The maximum Gasteiger partial charge on any atom is 0.231 e. The van der Waals surface area contributed by atoms with Crippen molar-refractivity contribution in [2.45, 2.75) is 19.8 Å². The van der Waals surface area contributed by atoms with Crippen molar-refractivity contribution < 1.29 is 4.74 Å². The van der Waals surface area contributed by atoms with Gasteiger partial charge in [0.1, 0.15) is 0 Å². The SMILES string of the molecule is COCC(C)CNc1nc(N)nc(N2CCCC2)n1. The number of ether oxygens (including phenoxy) is 1.